The number of aromatic nitrogens is 7. The van der Waals surface area contributed by atoms with Gasteiger partial charge >= 0.3 is 12.6 Å². The second kappa shape index (κ2) is 7.96. The molecule has 0 saturated carbocycles. The first-order chi connectivity index (χ1) is 14.1. The molecule has 0 atom stereocenters. The first kappa shape index (κ1) is 18.4. The summed E-state index contributed by atoms with van der Waals surface area (Å²) in [6.45, 7) is -3.12. The summed E-state index contributed by atoms with van der Waals surface area (Å²) in [5.74, 6) is -1.50. The van der Waals surface area contributed by atoms with Crippen molar-refractivity contribution < 1.29 is 22.6 Å². The molecule has 0 unspecified atom stereocenters. The largest absolute Gasteiger partial charge is 0.457 e. The van der Waals surface area contributed by atoms with Gasteiger partial charge in [0.2, 0.25) is 0 Å². The Morgan fingerprint density at radius 3 is 2.69 bits per heavy atom. The summed E-state index contributed by atoms with van der Waals surface area (Å²) >= 11 is 0. The summed E-state index contributed by atoms with van der Waals surface area (Å²) in [5, 5.41) is 14.4. The Kier molecular flexibility index (Phi) is 5.05. The lowest BCUT2D eigenvalue weighted by Crippen LogP contribution is -2.05. The summed E-state index contributed by atoms with van der Waals surface area (Å²) in [4.78, 5) is 8.20. The fourth-order valence-electron chi connectivity index (χ4n) is 2.40. The number of hydrogen-bond donors (Lipinski definition) is 1. The van der Waals surface area contributed by atoms with Gasteiger partial charge in [-0.25, -0.2) is 19.0 Å². The molecule has 0 spiro atoms. The molecule has 0 saturated heterocycles. The lowest BCUT2D eigenvalue weighted by molar-refractivity contribution is -0.0521. The Labute approximate surface area is 161 Å². The minimum Gasteiger partial charge on any atom is -0.457 e. The van der Waals surface area contributed by atoms with Crippen molar-refractivity contribution >= 4 is 0 Å². The smallest absolute Gasteiger partial charge is 0.387 e. The minimum atomic E-state index is -3.14. The molecule has 148 valence electrons. The molecule has 4 rings (SSSR count). The number of nitrogens with zero attached hydrogens (tertiary/aromatic N) is 6. The lowest BCUT2D eigenvalue weighted by atomic mass is 10.2. The van der Waals surface area contributed by atoms with Crippen LogP contribution in [-0.4, -0.2) is 41.8 Å². The molecule has 0 aliphatic rings. The van der Waals surface area contributed by atoms with Crippen LogP contribution in [0, 0.1) is 5.82 Å². The van der Waals surface area contributed by atoms with Crippen LogP contribution in [-0.2, 0) is 6.61 Å². The van der Waals surface area contributed by atoms with E-state index < -0.39 is 18.2 Å². The fraction of sp³-hybridized carbons (Fsp3) is 0.118. The van der Waals surface area contributed by atoms with Crippen molar-refractivity contribution in [3.05, 3.63) is 60.6 Å². The van der Waals surface area contributed by atoms with Crippen LogP contribution in [0.25, 0.3) is 16.9 Å². The van der Waals surface area contributed by atoms with Crippen LogP contribution in [0.1, 0.15) is 5.69 Å². The maximum Gasteiger partial charge on any atom is 0.387 e. The van der Waals surface area contributed by atoms with Crippen molar-refractivity contribution in [2.75, 3.05) is 0 Å². The predicted molar refractivity (Wildman–Crippen MR) is 91.9 cm³/mol. The van der Waals surface area contributed by atoms with Crippen molar-refractivity contribution in [3.8, 4) is 28.7 Å². The Balaban J connectivity index is 1.42. The zero-order valence-electron chi connectivity index (χ0n) is 14.5. The van der Waals surface area contributed by atoms with Gasteiger partial charge in [-0.05, 0) is 18.2 Å². The van der Waals surface area contributed by atoms with E-state index in [4.69, 9.17) is 4.74 Å². The van der Waals surface area contributed by atoms with Crippen LogP contribution in [0.2, 0.25) is 0 Å². The summed E-state index contributed by atoms with van der Waals surface area (Å²) in [5.41, 5.74) is 2.24. The number of nitrogens with one attached hydrogen (secondary N) is 1. The van der Waals surface area contributed by atoms with E-state index in [-0.39, 0.29) is 12.6 Å². The van der Waals surface area contributed by atoms with Crippen molar-refractivity contribution in [1.82, 2.24) is 35.2 Å². The van der Waals surface area contributed by atoms with E-state index in [9.17, 15) is 13.2 Å². The second-order valence-electron chi connectivity index (χ2n) is 5.66. The van der Waals surface area contributed by atoms with E-state index in [2.05, 4.69) is 35.2 Å². The average Bonchev–Trinajstić information content (AvgIpc) is 3.40. The zero-order chi connectivity index (χ0) is 20.2. The molecular formula is C17H12F3N7O2. The minimum absolute atomic E-state index is 0.0188. The van der Waals surface area contributed by atoms with E-state index in [1.54, 1.807) is 24.7 Å². The molecule has 3 heterocycles. The van der Waals surface area contributed by atoms with Gasteiger partial charge in [0, 0.05) is 30.2 Å². The maximum atomic E-state index is 13.5. The molecular weight excluding hydrogens is 391 g/mol. The maximum absolute atomic E-state index is 13.5. The Morgan fingerprint density at radius 2 is 1.97 bits per heavy atom. The number of aromatic amines is 1. The van der Waals surface area contributed by atoms with Crippen molar-refractivity contribution in [2.45, 2.75) is 13.2 Å². The third-order valence-corrected chi connectivity index (χ3v) is 3.73. The molecule has 0 fully saturated rings. The van der Waals surface area contributed by atoms with E-state index in [0.29, 0.717) is 11.4 Å². The van der Waals surface area contributed by atoms with Crippen LogP contribution >= 0.6 is 0 Å². The topological polar surface area (TPSA) is 104 Å². The number of ether oxygens (including phenoxy) is 2. The van der Waals surface area contributed by atoms with Crippen molar-refractivity contribution in [1.29, 1.82) is 0 Å². The fourth-order valence-corrected chi connectivity index (χ4v) is 2.40. The van der Waals surface area contributed by atoms with Gasteiger partial charge in [-0.15, -0.1) is 5.10 Å². The number of alkyl halides is 2. The van der Waals surface area contributed by atoms with E-state index in [1.807, 2.05) is 0 Å². The van der Waals surface area contributed by atoms with Gasteiger partial charge in [-0.3, -0.25) is 5.10 Å². The van der Waals surface area contributed by atoms with Gasteiger partial charge in [-0.2, -0.15) is 13.9 Å². The molecule has 0 amide bonds. The number of halogens is 3. The molecule has 0 aliphatic carbocycles. The highest BCUT2D eigenvalue weighted by Gasteiger charge is 2.13. The van der Waals surface area contributed by atoms with Crippen LogP contribution in [0.5, 0.6) is 11.8 Å². The first-order valence-electron chi connectivity index (χ1n) is 8.19. The molecule has 3 aromatic heterocycles. The van der Waals surface area contributed by atoms with Crippen LogP contribution in [0.3, 0.4) is 0 Å². The molecule has 0 bridgehead atoms. The molecule has 12 heteroatoms. The van der Waals surface area contributed by atoms with Gasteiger partial charge in [-0.1, -0.05) is 5.21 Å². The van der Waals surface area contributed by atoms with E-state index >= 15 is 0 Å². The van der Waals surface area contributed by atoms with Gasteiger partial charge in [0.1, 0.15) is 12.3 Å². The Bertz CT molecular complexity index is 1080. The van der Waals surface area contributed by atoms with E-state index in [0.717, 1.165) is 23.4 Å². The summed E-state index contributed by atoms with van der Waals surface area (Å²) in [6.07, 6.45) is 6.27. The second-order valence-corrected chi connectivity index (χ2v) is 5.66. The normalized spacial score (nSPS) is 11.0. The average molecular weight is 403 g/mol. The molecule has 0 radical (unpaired) electrons. The van der Waals surface area contributed by atoms with Crippen molar-refractivity contribution in [3.63, 3.8) is 0 Å². The van der Waals surface area contributed by atoms with Gasteiger partial charge in [0.25, 0.3) is 0 Å². The number of rotatable bonds is 7. The monoisotopic (exact) mass is 403 g/mol. The quantitative estimate of drug-likeness (QED) is 0.506. The van der Waals surface area contributed by atoms with Gasteiger partial charge in [0.15, 0.2) is 11.6 Å². The standard InChI is InChI=1S/C17H12F3N7O2/c18-13-2-1-12(5-15(13)29-16(19)20)27-8-11(24-26-27)9-28-17-21-6-10(7-22-17)14-3-4-23-25-14/h1-8,16H,9H2,(H,23,25). The molecule has 29 heavy (non-hydrogen) atoms. The Hall–Kier alpha value is -3.96. The third-order valence-electron chi connectivity index (χ3n) is 3.73. The van der Waals surface area contributed by atoms with Crippen LogP contribution in [0.15, 0.2) is 49.1 Å². The van der Waals surface area contributed by atoms with Crippen molar-refractivity contribution in [2.24, 2.45) is 0 Å². The van der Waals surface area contributed by atoms with E-state index in [1.165, 1.54) is 16.9 Å². The predicted octanol–water partition coefficient (Wildman–Crippen LogP) is 2.77. The summed E-state index contributed by atoms with van der Waals surface area (Å²) in [7, 11) is 0. The highest BCUT2D eigenvalue weighted by atomic mass is 19.3. The third kappa shape index (κ3) is 4.31. The molecule has 4 aromatic rings. The molecule has 1 aromatic carbocycles. The zero-order valence-corrected chi connectivity index (χ0v) is 14.5. The molecule has 9 nitrogen and oxygen atoms in total. The number of H-pyrrole nitrogens is 1. The number of hydrogen-bond acceptors (Lipinski definition) is 7. The number of benzene rings is 1. The first-order valence-corrected chi connectivity index (χ1v) is 8.19. The molecule has 1 N–H and O–H groups in total. The highest BCUT2D eigenvalue weighted by Crippen LogP contribution is 2.23. The van der Waals surface area contributed by atoms with Crippen LogP contribution < -0.4 is 9.47 Å². The summed E-state index contributed by atoms with van der Waals surface area (Å²) < 4.78 is 49.1. The van der Waals surface area contributed by atoms with Gasteiger partial charge < -0.3 is 9.47 Å². The summed E-state index contributed by atoms with van der Waals surface area (Å²) in [6, 6.07) is 5.37. The van der Waals surface area contributed by atoms with Gasteiger partial charge in [0.05, 0.1) is 17.6 Å². The Morgan fingerprint density at radius 1 is 1.14 bits per heavy atom. The van der Waals surface area contributed by atoms with Crippen LogP contribution in [0.4, 0.5) is 13.2 Å². The molecule has 0 aliphatic heterocycles. The highest BCUT2D eigenvalue weighted by molar-refractivity contribution is 5.55. The lowest BCUT2D eigenvalue weighted by Gasteiger charge is -2.07. The SMILES string of the molecule is Fc1ccc(-n2cc(COc3ncc(-c4ccn[nH]4)cn3)nn2)cc1OC(F)F.